The summed E-state index contributed by atoms with van der Waals surface area (Å²) >= 11 is 0. The number of aromatic nitrogens is 2. The third-order valence-electron chi connectivity index (χ3n) is 3.85. The highest BCUT2D eigenvalue weighted by atomic mass is 15.3. The molecule has 0 aliphatic carbocycles. The van der Waals surface area contributed by atoms with Crippen molar-refractivity contribution in [3.63, 3.8) is 0 Å². The lowest BCUT2D eigenvalue weighted by molar-refractivity contribution is 0.848. The molecule has 0 atom stereocenters. The lowest BCUT2D eigenvalue weighted by atomic mass is 10.0. The molecule has 2 heteroatoms. The summed E-state index contributed by atoms with van der Waals surface area (Å²) < 4.78 is 2.03. The van der Waals surface area contributed by atoms with E-state index >= 15 is 0 Å². The first-order valence-electron chi connectivity index (χ1n) is 7.55. The fourth-order valence-electron chi connectivity index (χ4n) is 2.72. The van der Waals surface area contributed by atoms with Gasteiger partial charge in [-0.15, -0.1) is 0 Å². The predicted molar refractivity (Wildman–Crippen MR) is 87.8 cm³/mol. The van der Waals surface area contributed by atoms with Crippen LogP contribution in [0.15, 0.2) is 60.8 Å². The van der Waals surface area contributed by atoms with Crippen LogP contribution < -0.4 is 0 Å². The van der Waals surface area contributed by atoms with Gasteiger partial charge in [0.25, 0.3) is 0 Å². The Morgan fingerprint density at radius 2 is 1.48 bits per heavy atom. The summed E-state index contributed by atoms with van der Waals surface area (Å²) in [6.07, 6.45) is 4.10. The summed E-state index contributed by atoms with van der Waals surface area (Å²) in [5, 5.41) is 4.78. The van der Waals surface area contributed by atoms with Gasteiger partial charge in [-0.3, -0.25) is 0 Å². The molecule has 3 rings (SSSR count). The van der Waals surface area contributed by atoms with Gasteiger partial charge in [-0.25, -0.2) is 4.68 Å². The Morgan fingerprint density at radius 3 is 2.10 bits per heavy atom. The summed E-state index contributed by atoms with van der Waals surface area (Å²) in [7, 11) is 0. The Bertz CT molecular complexity index is 704. The fraction of sp³-hybridized carbons (Fsp3) is 0.211. The SMILES string of the molecule is CCc1cccc(CC)c1-n1ccc(-c2ccccc2)n1. The van der Waals surface area contributed by atoms with Gasteiger partial charge in [0.15, 0.2) is 0 Å². The van der Waals surface area contributed by atoms with Crippen LogP contribution in [0.4, 0.5) is 0 Å². The summed E-state index contributed by atoms with van der Waals surface area (Å²) in [5.41, 5.74) is 6.10. The Labute approximate surface area is 126 Å². The van der Waals surface area contributed by atoms with E-state index < -0.39 is 0 Å². The van der Waals surface area contributed by atoms with E-state index in [1.54, 1.807) is 0 Å². The normalized spacial score (nSPS) is 10.8. The van der Waals surface area contributed by atoms with Gasteiger partial charge >= 0.3 is 0 Å². The smallest absolute Gasteiger partial charge is 0.0927 e. The van der Waals surface area contributed by atoms with E-state index in [9.17, 15) is 0 Å². The Balaban J connectivity index is 2.08. The second-order valence-corrected chi connectivity index (χ2v) is 5.14. The lowest BCUT2D eigenvalue weighted by Gasteiger charge is -2.13. The average molecular weight is 276 g/mol. The molecule has 21 heavy (non-hydrogen) atoms. The number of hydrogen-bond acceptors (Lipinski definition) is 1. The average Bonchev–Trinajstić information content (AvgIpc) is 3.04. The molecule has 0 radical (unpaired) electrons. The van der Waals surface area contributed by atoms with Gasteiger partial charge in [-0.2, -0.15) is 5.10 Å². The standard InChI is InChI=1S/C19H20N2/c1-3-15-11-8-12-16(4-2)19(15)21-14-13-18(20-21)17-9-6-5-7-10-17/h5-14H,3-4H2,1-2H3. The van der Waals surface area contributed by atoms with E-state index in [2.05, 4.69) is 56.4 Å². The molecule has 0 unspecified atom stereocenters. The quantitative estimate of drug-likeness (QED) is 0.677. The minimum Gasteiger partial charge on any atom is -0.240 e. The predicted octanol–water partition coefficient (Wildman–Crippen LogP) is 4.66. The topological polar surface area (TPSA) is 17.8 Å². The van der Waals surface area contributed by atoms with Crippen molar-refractivity contribution in [1.29, 1.82) is 0 Å². The van der Waals surface area contributed by atoms with Crippen molar-refractivity contribution in [2.45, 2.75) is 26.7 Å². The van der Waals surface area contributed by atoms with Crippen LogP contribution in [0.5, 0.6) is 0 Å². The minimum atomic E-state index is 1.02. The number of para-hydroxylation sites is 1. The van der Waals surface area contributed by atoms with Crippen LogP contribution >= 0.6 is 0 Å². The van der Waals surface area contributed by atoms with Crippen molar-refractivity contribution < 1.29 is 0 Å². The first-order chi connectivity index (χ1) is 10.3. The highest BCUT2D eigenvalue weighted by Gasteiger charge is 2.10. The molecular weight excluding hydrogens is 256 g/mol. The lowest BCUT2D eigenvalue weighted by Crippen LogP contribution is -2.04. The van der Waals surface area contributed by atoms with E-state index in [0.717, 1.165) is 24.1 Å². The van der Waals surface area contributed by atoms with E-state index in [-0.39, 0.29) is 0 Å². The van der Waals surface area contributed by atoms with Crippen LogP contribution in [-0.4, -0.2) is 9.78 Å². The monoisotopic (exact) mass is 276 g/mol. The van der Waals surface area contributed by atoms with Gasteiger partial charge in [-0.05, 0) is 30.0 Å². The molecule has 0 saturated carbocycles. The second kappa shape index (κ2) is 5.96. The molecule has 0 bridgehead atoms. The maximum Gasteiger partial charge on any atom is 0.0927 e. The van der Waals surface area contributed by atoms with Crippen molar-refractivity contribution in [2.24, 2.45) is 0 Å². The van der Waals surface area contributed by atoms with E-state index in [0.29, 0.717) is 0 Å². The van der Waals surface area contributed by atoms with E-state index in [1.807, 2.05) is 22.9 Å². The van der Waals surface area contributed by atoms with E-state index in [4.69, 9.17) is 5.10 Å². The third-order valence-corrected chi connectivity index (χ3v) is 3.85. The molecule has 106 valence electrons. The van der Waals surface area contributed by atoms with Crippen LogP contribution in [0.1, 0.15) is 25.0 Å². The summed E-state index contributed by atoms with van der Waals surface area (Å²) in [4.78, 5) is 0. The molecule has 2 aromatic carbocycles. The zero-order valence-corrected chi connectivity index (χ0v) is 12.6. The van der Waals surface area contributed by atoms with Crippen LogP contribution in [0.25, 0.3) is 16.9 Å². The van der Waals surface area contributed by atoms with Crippen LogP contribution in [0, 0.1) is 0 Å². The number of hydrogen-bond donors (Lipinski definition) is 0. The second-order valence-electron chi connectivity index (χ2n) is 5.14. The highest BCUT2D eigenvalue weighted by Crippen LogP contribution is 2.23. The van der Waals surface area contributed by atoms with Gasteiger partial charge in [0.1, 0.15) is 0 Å². The molecule has 0 fully saturated rings. The molecule has 0 aliphatic rings. The number of rotatable bonds is 4. The van der Waals surface area contributed by atoms with Gasteiger partial charge in [0.05, 0.1) is 11.4 Å². The van der Waals surface area contributed by atoms with E-state index in [1.165, 1.54) is 16.8 Å². The number of nitrogens with zero attached hydrogens (tertiary/aromatic N) is 2. The summed E-state index contributed by atoms with van der Waals surface area (Å²) in [6.45, 7) is 4.39. The van der Waals surface area contributed by atoms with Crippen molar-refractivity contribution in [3.05, 3.63) is 71.9 Å². The van der Waals surface area contributed by atoms with Crippen LogP contribution in [0.3, 0.4) is 0 Å². The third kappa shape index (κ3) is 2.62. The fourth-order valence-corrected chi connectivity index (χ4v) is 2.72. The van der Waals surface area contributed by atoms with Gasteiger partial charge < -0.3 is 0 Å². The van der Waals surface area contributed by atoms with Crippen molar-refractivity contribution >= 4 is 0 Å². The van der Waals surface area contributed by atoms with Crippen LogP contribution in [-0.2, 0) is 12.8 Å². The first kappa shape index (κ1) is 13.6. The van der Waals surface area contributed by atoms with Crippen molar-refractivity contribution in [1.82, 2.24) is 9.78 Å². The van der Waals surface area contributed by atoms with Gasteiger partial charge in [0, 0.05) is 11.8 Å². The Hall–Kier alpha value is -2.35. The molecule has 0 saturated heterocycles. The molecule has 1 heterocycles. The zero-order valence-electron chi connectivity index (χ0n) is 12.6. The van der Waals surface area contributed by atoms with Gasteiger partial charge in [0.2, 0.25) is 0 Å². The number of benzene rings is 2. The molecule has 3 aromatic rings. The largest absolute Gasteiger partial charge is 0.240 e. The first-order valence-corrected chi connectivity index (χ1v) is 7.55. The highest BCUT2D eigenvalue weighted by molar-refractivity contribution is 5.59. The molecule has 1 aromatic heterocycles. The minimum absolute atomic E-state index is 1.02. The Morgan fingerprint density at radius 1 is 0.810 bits per heavy atom. The molecule has 0 amide bonds. The molecule has 0 N–H and O–H groups in total. The summed E-state index contributed by atoms with van der Waals surface area (Å²) in [5.74, 6) is 0. The maximum absolute atomic E-state index is 4.78. The molecular formula is C19H20N2. The van der Waals surface area contributed by atoms with Gasteiger partial charge in [-0.1, -0.05) is 62.4 Å². The Kier molecular flexibility index (Phi) is 3.87. The molecule has 2 nitrogen and oxygen atoms in total. The maximum atomic E-state index is 4.78. The van der Waals surface area contributed by atoms with Crippen molar-refractivity contribution in [2.75, 3.05) is 0 Å². The van der Waals surface area contributed by atoms with Crippen LogP contribution in [0.2, 0.25) is 0 Å². The number of aryl methyl sites for hydroxylation is 2. The zero-order chi connectivity index (χ0) is 14.7. The molecule has 0 spiro atoms. The van der Waals surface area contributed by atoms with Crippen molar-refractivity contribution in [3.8, 4) is 16.9 Å². The summed E-state index contributed by atoms with van der Waals surface area (Å²) in [6, 6.07) is 18.9. The molecule has 0 aliphatic heterocycles.